The lowest BCUT2D eigenvalue weighted by Gasteiger charge is -2.16. The maximum Gasteiger partial charge on any atom is 0.308 e. The van der Waals surface area contributed by atoms with Crippen LogP contribution in [0.5, 0.6) is 0 Å². The summed E-state index contributed by atoms with van der Waals surface area (Å²) in [6, 6.07) is 9.54. The third-order valence-corrected chi connectivity index (χ3v) is 6.00. The van der Waals surface area contributed by atoms with E-state index in [1.165, 1.54) is 23.1 Å². The number of carbonyl (C=O) groups is 2. The molecule has 1 amide bonds. The zero-order chi connectivity index (χ0) is 17.1. The van der Waals surface area contributed by atoms with Crippen molar-refractivity contribution >= 4 is 35.0 Å². The maximum atomic E-state index is 12.4. The second-order valence-electron chi connectivity index (χ2n) is 5.64. The van der Waals surface area contributed by atoms with Crippen molar-refractivity contribution in [3.05, 3.63) is 40.9 Å². The van der Waals surface area contributed by atoms with Crippen LogP contribution >= 0.6 is 23.1 Å². The van der Waals surface area contributed by atoms with E-state index in [-0.39, 0.29) is 24.1 Å². The second-order valence-corrected chi connectivity index (χ2v) is 8.04. The monoisotopic (exact) mass is 363 g/mol. The number of nitrogens with zero attached hydrogens (tertiary/aromatic N) is 3. The van der Waals surface area contributed by atoms with E-state index in [1.807, 2.05) is 37.3 Å². The van der Waals surface area contributed by atoms with Gasteiger partial charge in [0.2, 0.25) is 5.91 Å². The number of rotatable bonds is 5. The van der Waals surface area contributed by atoms with Crippen LogP contribution in [0.2, 0.25) is 0 Å². The first kappa shape index (κ1) is 16.9. The van der Waals surface area contributed by atoms with Crippen LogP contribution in [0.15, 0.2) is 34.7 Å². The molecule has 0 aliphatic carbocycles. The summed E-state index contributed by atoms with van der Waals surface area (Å²) in [5.74, 6) is -1.39. The topological polar surface area (TPSA) is 83.4 Å². The quantitative estimate of drug-likeness (QED) is 0.821. The van der Waals surface area contributed by atoms with Gasteiger partial charge in [-0.1, -0.05) is 53.4 Å². The van der Waals surface area contributed by atoms with Crippen molar-refractivity contribution in [1.82, 2.24) is 15.1 Å². The highest BCUT2D eigenvalue weighted by atomic mass is 32.2. The van der Waals surface area contributed by atoms with Gasteiger partial charge in [-0.05, 0) is 12.5 Å². The van der Waals surface area contributed by atoms with Gasteiger partial charge < -0.3 is 10.0 Å². The number of likely N-dealkylation sites (tertiary alicyclic amines) is 1. The van der Waals surface area contributed by atoms with E-state index in [0.29, 0.717) is 6.54 Å². The minimum Gasteiger partial charge on any atom is -0.481 e. The van der Waals surface area contributed by atoms with Gasteiger partial charge in [-0.3, -0.25) is 9.59 Å². The Bertz CT molecular complexity index is 735. The van der Waals surface area contributed by atoms with E-state index in [2.05, 4.69) is 10.2 Å². The highest BCUT2D eigenvalue weighted by Gasteiger charge is 2.40. The maximum absolute atomic E-state index is 12.4. The molecule has 1 saturated heterocycles. The molecule has 1 fully saturated rings. The number of aliphatic carboxylic acids is 1. The fourth-order valence-corrected chi connectivity index (χ4v) is 4.57. The number of benzene rings is 1. The van der Waals surface area contributed by atoms with Crippen molar-refractivity contribution in [1.29, 1.82) is 0 Å². The molecular weight excluding hydrogens is 346 g/mol. The first-order valence-electron chi connectivity index (χ1n) is 7.53. The molecule has 1 aromatic carbocycles. The van der Waals surface area contributed by atoms with Gasteiger partial charge in [0.15, 0.2) is 4.34 Å². The SMILES string of the molecule is Cc1nnc(SCC(=O)N2C[C@H](C(=O)O)[C@@H](c3ccccc3)C2)s1. The minimum absolute atomic E-state index is 0.0578. The Balaban J connectivity index is 1.66. The van der Waals surface area contributed by atoms with Gasteiger partial charge in [0.05, 0.1) is 11.7 Å². The number of hydrogen-bond donors (Lipinski definition) is 1. The van der Waals surface area contributed by atoms with Gasteiger partial charge in [-0.2, -0.15) is 0 Å². The van der Waals surface area contributed by atoms with Crippen LogP contribution in [0.4, 0.5) is 0 Å². The van der Waals surface area contributed by atoms with Crippen molar-refractivity contribution in [2.45, 2.75) is 17.2 Å². The summed E-state index contributed by atoms with van der Waals surface area (Å²) in [7, 11) is 0. The number of thioether (sulfide) groups is 1. The van der Waals surface area contributed by atoms with Gasteiger partial charge in [-0.25, -0.2) is 0 Å². The number of carboxylic acid groups (broad SMARTS) is 1. The minimum atomic E-state index is -0.855. The van der Waals surface area contributed by atoms with Crippen molar-refractivity contribution in [2.24, 2.45) is 5.92 Å². The largest absolute Gasteiger partial charge is 0.481 e. The van der Waals surface area contributed by atoms with Crippen LogP contribution in [0.25, 0.3) is 0 Å². The molecule has 1 aliphatic heterocycles. The Kier molecular flexibility index (Phi) is 5.15. The molecule has 0 saturated carbocycles. The lowest BCUT2D eigenvalue weighted by Crippen LogP contribution is -2.31. The molecule has 8 heteroatoms. The van der Waals surface area contributed by atoms with Crippen molar-refractivity contribution in [3.8, 4) is 0 Å². The molecule has 0 bridgehead atoms. The van der Waals surface area contributed by atoms with Crippen LogP contribution in [0, 0.1) is 12.8 Å². The zero-order valence-corrected chi connectivity index (χ0v) is 14.7. The molecule has 6 nitrogen and oxygen atoms in total. The molecule has 2 aromatic rings. The summed E-state index contributed by atoms with van der Waals surface area (Å²) in [4.78, 5) is 25.7. The summed E-state index contributed by atoms with van der Waals surface area (Å²) in [6.07, 6.45) is 0. The smallest absolute Gasteiger partial charge is 0.308 e. The first-order chi connectivity index (χ1) is 11.5. The Hall–Kier alpha value is -1.93. The summed E-state index contributed by atoms with van der Waals surface area (Å²) >= 11 is 2.80. The molecule has 2 heterocycles. The lowest BCUT2D eigenvalue weighted by molar-refractivity contribution is -0.141. The summed E-state index contributed by atoms with van der Waals surface area (Å²) in [5, 5.41) is 18.3. The summed E-state index contributed by atoms with van der Waals surface area (Å²) in [5.41, 5.74) is 0.965. The molecular formula is C16H17N3O3S2. The van der Waals surface area contributed by atoms with Gasteiger partial charge in [0.1, 0.15) is 5.01 Å². The van der Waals surface area contributed by atoms with E-state index >= 15 is 0 Å². The number of carbonyl (C=O) groups excluding carboxylic acids is 1. The Morgan fingerprint density at radius 3 is 2.67 bits per heavy atom. The number of carboxylic acids is 1. The number of aryl methyl sites for hydroxylation is 1. The molecule has 0 spiro atoms. The van der Waals surface area contributed by atoms with Crippen molar-refractivity contribution in [2.75, 3.05) is 18.8 Å². The molecule has 24 heavy (non-hydrogen) atoms. The molecule has 0 unspecified atom stereocenters. The number of aromatic nitrogens is 2. The van der Waals surface area contributed by atoms with Crippen LogP contribution in [-0.2, 0) is 9.59 Å². The van der Waals surface area contributed by atoms with Crippen LogP contribution in [-0.4, -0.2) is 50.9 Å². The first-order valence-corrected chi connectivity index (χ1v) is 9.33. The molecule has 2 atom stereocenters. The Labute approximate surface area is 147 Å². The Morgan fingerprint density at radius 1 is 1.29 bits per heavy atom. The summed E-state index contributed by atoms with van der Waals surface area (Å²) < 4.78 is 0.759. The average Bonchev–Trinajstić information content (AvgIpc) is 3.20. The van der Waals surface area contributed by atoms with Crippen molar-refractivity contribution in [3.63, 3.8) is 0 Å². The zero-order valence-electron chi connectivity index (χ0n) is 13.1. The number of hydrogen-bond acceptors (Lipinski definition) is 6. The fraction of sp³-hybridized carbons (Fsp3) is 0.375. The third kappa shape index (κ3) is 3.76. The normalized spacial score (nSPS) is 20.3. The van der Waals surface area contributed by atoms with E-state index < -0.39 is 11.9 Å². The van der Waals surface area contributed by atoms with Crippen LogP contribution < -0.4 is 0 Å². The van der Waals surface area contributed by atoms with Gasteiger partial charge in [0.25, 0.3) is 0 Å². The van der Waals surface area contributed by atoms with E-state index in [4.69, 9.17) is 0 Å². The fourth-order valence-electron chi connectivity index (χ4n) is 2.85. The molecule has 1 aromatic heterocycles. The van der Waals surface area contributed by atoms with Crippen LogP contribution in [0.1, 0.15) is 16.5 Å². The Morgan fingerprint density at radius 2 is 2.04 bits per heavy atom. The molecule has 1 N–H and O–H groups in total. The predicted octanol–water partition coefficient (Wildman–Crippen LogP) is 2.27. The van der Waals surface area contributed by atoms with Crippen molar-refractivity contribution < 1.29 is 14.7 Å². The van der Waals surface area contributed by atoms with Crippen LogP contribution in [0.3, 0.4) is 0 Å². The van der Waals surface area contributed by atoms with Gasteiger partial charge in [0, 0.05) is 19.0 Å². The lowest BCUT2D eigenvalue weighted by atomic mass is 9.89. The average molecular weight is 363 g/mol. The predicted molar refractivity (Wildman–Crippen MR) is 92.3 cm³/mol. The molecule has 3 rings (SSSR count). The van der Waals surface area contributed by atoms with E-state index in [1.54, 1.807) is 4.90 Å². The van der Waals surface area contributed by atoms with Gasteiger partial charge >= 0.3 is 5.97 Å². The standard InChI is InChI=1S/C16H17N3O3S2/c1-10-17-18-16(24-10)23-9-14(20)19-7-12(13(8-19)15(21)22)11-5-3-2-4-6-11/h2-6,12-13H,7-9H2,1H3,(H,21,22)/t12-,13+/m1/s1. The van der Waals surface area contributed by atoms with E-state index in [0.717, 1.165) is 14.9 Å². The molecule has 1 aliphatic rings. The highest BCUT2D eigenvalue weighted by Crippen LogP contribution is 2.33. The van der Waals surface area contributed by atoms with Gasteiger partial charge in [-0.15, -0.1) is 10.2 Å². The molecule has 0 radical (unpaired) electrons. The third-order valence-electron chi connectivity index (χ3n) is 4.04. The summed E-state index contributed by atoms with van der Waals surface area (Å²) in [6.45, 7) is 2.56. The molecule has 126 valence electrons. The highest BCUT2D eigenvalue weighted by molar-refractivity contribution is 8.01. The number of amides is 1. The second kappa shape index (κ2) is 7.31. The van der Waals surface area contributed by atoms with E-state index in [9.17, 15) is 14.7 Å².